The van der Waals surface area contributed by atoms with Crippen molar-refractivity contribution in [3.05, 3.63) is 32.9 Å². The molecule has 5 heteroatoms. The molecule has 0 aromatic heterocycles. The van der Waals surface area contributed by atoms with Gasteiger partial charge in [-0.2, -0.15) is 0 Å². The number of hydrogen-bond acceptors (Lipinski definition) is 1. The van der Waals surface area contributed by atoms with E-state index >= 15 is 0 Å². The van der Waals surface area contributed by atoms with Crippen molar-refractivity contribution in [2.75, 3.05) is 6.54 Å². The number of nitrogens with one attached hydrogen (secondary N) is 1. The molecule has 1 aliphatic heterocycles. The molecule has 1 atom stereocenters. The van der Waals surface area contributed by atoms with E-state index < -0.39 is 11.6 Å². The van der Waals surface area contributed by atoms with Crippen molar-refractivity contribution in [2.45, 2.75) is 12.3 Å². The van der Waals surface area contributed by atoms with Gasteiger partial charge in [-0.1, -0.05) is 0 Å². The fraction of sp³-hybridized carbons (Fsp3) is 0.300. The minimum atomic E-state index is -0.565. The maximum absolute atomic E-state index is 13.2. The molecule has 0 saturated carbocycles. The number of hydrogen-bond donors (Lipinski definition) is 1. The monoisotopic (exact) mass is 323 g/mol. The molecule has 2 nitrogen and oxygen atoms in total. The van der Waals surface area contributed by atoms with Crippen LogP contribution in [-0.4, -0.2) is 12.5 Å². The highest BCUT2D eigenvalue weighted by molar-refractivity contribution is 14.1. The number of rotatable bonds is 1. The van der Waals surface area contributed by atoms with E-state index in [0.29, 0.717) is 18.5 Å². The molecular weight excluding hydrogens is 315 g/mol. The predicted molar refractivity (Wildman–Crippen MR) is 59.4 cm³/mol. The summed E-state index contributed by atoms with van der Waals surface area (Å²) in [6.45, 7) is 0.457. The summed E-state index contributed by atoms with van der Waals surface area (Å²) < 4.78 is 26.5. The number of benzene rings is 1. The first-order valence-electron chi connectivity index (χ1n) is 4.49. The van der Waals surface area contributed by atoms with Gasteiger partial charge in [0.05, 0.1) is 3.57 Å². The third-order valence-corrected chi connectivity index (χ3v) is 3.49. The Morgan fingerprint density at radius 2 is 1.93 bits per heavy atom. The van der Waals surface area contributed by atoms with Gasteiger partial charge in [0, 0.05) is 18.9 Å². The molecule has 1 saturated heterocycles. The zero-order valence-corrected chi connectivity index (χ0v) is 9.85. The van der Waals surface area contributed by atoms with Crippen molar-refractivity contribution in [3.8, 4) is 0 Å². The van der Waals surface area contributed by atoms with E-state index in [-0.39, 0.29) is 15.4 Å². The summed E-state index contributed by atoms with van der Waals surface area (Å²) in [5.41, 5.74) is 0.545. The van der Waals surface area contributed by atoms with Crippen LogP contribution < -0.4 is 5.32 Å². The van der Waals surface area contributed by atoms with Gasteiger partial charge < -0.3 is 5.32 Å². The fourth-order valence-corrected chi connectivity index (χ4v) is 1.96. The molecule has 1 fully saturated rings. The Labute approximate surface area is 99.2 Å². The van der Waals surface area contributed by atoms with Crippen molar-refractivity contribution >= 4 is 28.5 Å². The Kier molecular flexibility index (Phi) is 2.90. The Morgan fingerprint density at radius 3 is 2.40 bits per heavy atom. The maximum atomic E-state index is 13.2. The highest BCUT2D eigenvalue weighted by atomic mass is 127. The first kappa shape index (κ1) is 10.8. The molecular formula is C10H8F2INO. The van der Waals surface area contributed by atoms with Gasteiger partial charge in [0.2, 0.25) is 5.91 Å². The normalized spacial score (nSPS) is 20.5. The molecule has 0 aliphatic carbocycles. The van der Waals surface area contributed by atoms with Crippen LogP contribution >= 0.6 is 22.6 Å². The smallest absolute Gasteiger partial charge is 0.220 e. The standard InChI is InChI=1S/C10H8F2INO/c11-7-1-5(2-8(12)10(7)13)6-3-9(15)14-4-6/h1-2,6H,3-4H2,(H,14,15). The summed E-state index contributed by atoms with van der Waals surface area (Å²) in [5.74, 6) is -1.31. The van der Waals surface area contributed by atoms with E-state index in [2.05, 4.69) is 5.32 Å². The number of halogens is 3. The minimum absolute atomic E-state index is 0.00590. The lowest BCUT2D eigenvalue weighted by atomic mass is 9.98. The highest BCUT2D eigenvalue weighted by Crippen LogP contribution is 2.26. The second kappa shape index (κ2) is 4.03. The van der Waals surface area contributed by atoms with Crippen LogP contribution in [0.3, 0.4) is 0 Å². The Hall–Kier alpha value is -0.720. The minimum Gasteiger partial charge on any atom is -0.355 e. The highest BCUT2D eigenvalue weighted by Gasteiger charge is 2.24. The maximum Gasteiger partial charge on any atom is 0.220 e. The van der Waals surface area contributed by atoms with Gasteiger partial charge in [-0.3, -0.25) is 4.79 Å². The first-order chi connectivity index (χ1) is 7.08. The number of amides is 1. The van der Waals surface area contributed by atoms with E-state index in [1.54, 1.807) is 22.6 Å². The zero-order chi connectivity index (χ0) is 11.0. The molecule has 80 valence electrons. The van der Waals surface area contributed by atoms with Gasteiger partial charge in [0.25, 0.3) is 0 Å². The number of carbonyl (C=O) groups is 1. The van der Waals surface area contributed by atoms with Gasteiger partial charge >= 0.3 is 0 Å². The van der Waals surface area contributed by atoms with Crippen LogP contribution in [0.15, 0.2) is 12.1 Å². The average molecular weight is 323 g/mol. The third-order valence-electron chi connectivity index (χ3n) is 2.45. The van der Waals surface area contributed by atoms with Crippen molar-refractivity contribution in [2.24, 2.45) is 0 Å². The number of carbonyl (C=O) groups excluding carboxylic acids is 1. The van der Waals surface area contributed by atoms with Gasteiger partial charge in [-0.25, -0.2) is 8.78 Å². The van der Waals surface area contributed by atoms with Gasteiger partial charge in [0.15, 0.2) is 0 Å². The third kappa shape index (κ3) is 2.11. The SMILES string of the molecule is O=C1CC(c2cc(F)c(I)c(F)c2)CN1. The van der Waals surface area contributed by atoms with Gasteiger partial charge in [-0.05, 0) is 40.3 Å². The molecule has 0 bridgehead atoms. The quantitative estimate of drug-likeness (QED) is 0.623. The predicted octanol–water partition coefficient (Wildman–Crippen LogP) is 2.17. The van der Waals surface area contributed by atoms with E-state index in [0.717, 1.165) is 0 Å². The molecule has 15 heavy (non-hydrogen) atoms. The molecule has 2 rings (SSSR count). The summed E-state index contributed by atoms with van der Waals surface area (Å²) in [6.07, 6.45) is 0.305. The molecule has 0 radical (unpaired) electrons. The zero-order valence-electron chi connectivity index (χ0n) is 7.69. The van der Waals surface area contributed by atoms with Crippen molar-refractivity contribution in [3.63, 3.8) is 0 Å². The van der Waals surface area contributed by atoms with Crippen LogP contribution in [0.1, 0.15) is 17.9 Å². The Bertz CT molecular complexity index is 399. The van der Waals surface area contributed by atoms with Crippen LogP contribution in [0.25, 0.3) is 0 Å². The lowest BCUT2D eigenvalue weighted by molar-refractivity contribution is -0.119. The summed E-state index contributed by atoms with van der Waals surface area (Å²) in [7, 11) is 0. The van der Waals surface area contributed by atoms with Crippen LogP contribution in [0.2, 0.25) is 0 Å². The van der Waals surface area contributed by atoms with E-state index in [1.165, 1.54) is 12.1 Å². The van der Waals surface area contributed by atoms with Gasteiger partial charge in [0.1, 0.15) is 11.6 Å². The first-order valence-corrected chi connectivity index (χ1v) is 5.57. The van der Waals surface area contributed by atoms with Gasteiger partial charge in [-0.15, -0.1) is 0 Å². The van der Waals surface area contributed by atoms with Crippen LogP contribution in [0.5, 0.6) is 0 Å². The van der Waals surface area contributed by atoms with E-state index in [4.69, 9.17) is 0 Å². The Morgan fingerprint density at radius 1 is 1.33 bits per heavy atom. The van der Waals surface area contributed by atoms with Crippen LogP contribution in [0.4, 0.5) is 8.78 Å². The summed E-state index contributed by atoms with van der Waals surface area (Å²) >= 11 is 1.62. The largest absolute Gasteiger partial charge is 0.355 e. The van der Waals surface area contributed by atoms with Crippen molar-refractivity contribution in [1.29, 1.82) is 0 Å². The summed E-state index contributed by atoms with van der Waals surface area (Å²) in [5, 5.41) is 2.64. The van der Waals surface area contributed by atoms with E-state index in [1.807, 2.05) is 0 Å². The molecule has 1 heterocycles. The fourth-order valence-electron chi connectivity index (χ4n) is 1.65. The van der Waals surface area contributed by atoms with Crippen LogP contribution in [-0.2, 0) is 4.79 Å². The lowest BCUT2D eigenvalue weighted by Gasteiger charge is -2.08. The second-order valence-corrected chi connectivity index (χ2v) is 4.58. The van der Waals surface area contributed by atoms with Crippen LogP contribution in [0, 0.1) is 15.2 Å². The average Bonchev–Trinajstić information content (AvgIpc) is 2.60. The lowest BCUT2D eigenvalue weighted by Crippen LogP contribution is -2.13. The molecule has 1 aromatic carbocycles. The second-order valence-electron chi connectivity index (χ2n) is 3.50. The molecule has 1 N–H and O–H groups in total. The topological polar surface area (TPSA) is 29.1 Å². The Balaban J connectivity index is 2.33. The molecule has 0 spiro atoms. The van der Waals surface area contributed by atoms with Crippen molar-refractivity contribution < 1.29 is 13.6 Å². The molecule has 1 amide bonds. The molecule has 1 aromatic rings. The van der Waals surface area contributed by atoms with Crippen molar-refractivity contribution in [1.82, 2.24) is 5.32 Å². The summed E-state index contributed by atoms with van der Waals surface area (Å²) in [6, 6.07) is 2.60. The molecule has 1 aliphatic rings. The van der Waals surface area contributed by atoms with E-state index in [9.17, 15) is 13.6 Å². The summed E-state index contributed by atoms with van der Waals surface area (Å²) in [4.78, 5) is 11.0. The molecule has 1 unspecified atom stereocenters.